The zero-order valence-corrected chi connectivity index (χ0v) is 10.7. The number of aromatic nitrogens is 2. The SMILES string of the molecule is Fc1cc(Br)ccc1NCc1nccn1C(F)F. The molecule has 0 bridgehead atoms. The van der Waals surface area contributed by atoms with Crippen LogP contribution in [0.15, 0.2) is 35.1 Å². The van der Waals surface area contributed by atoms with Crippen LogP contribution in [0.4, 0.5) is 18.9 Å². The molecule has 0 aliphatic carbocycles. The Morgan fingerprint density at radius 2 is 2.17 bits per heavy atom. The number of benzene rings is 1. The number of alkyl halides is 2. The highest BCUT2D eigenvalue weighted by molar-refractivity contribution is 9.10. The molecule has 0 aliphatic heterocycles. The molecule has 0 spiro atoms. The highest BCUT2D eigenvalue weighted by Crippen LogP contribution is 2.20. The summed E-state index contributed by atoms with van der Waals surface area (Å²) in [6.07, 6.45) is 2.46. The van der Waals surface area contributed by atoms with Crippen LogP contribution in [0.3, 0.4) is 0 Å². The first-order valence-electron chi connectivity index (χ1n) is 5.06. The largest absolute Gasteiger partial charge is 0.375 e. The molecule has 18 heavy (non-hydrogen) atoms. The third-order valence-electron chi connectivity index (χ3n) is 2.33. The minimum absolute atomic E-state index is 0.0237. The van der Waals surface area contributed by atoms with Gasteiger partial charge < -0.3 is 5.32 Å². The molecule has 0 fully saturated rings. The van der Waals surface area contributed by atoms with Gasteiger partial charge in [0.05, 0.1) is 12.2 Å². The Labute approximate surface area is 110 Å². The fourth-order valence-corrected chi connectivity index (χ4v) is 1.80. The molecular formula is C11H9BrF3N3. The molecule has 0 saturated carbocycles. The van der Waals surface area contributed by atoms with Gasteiger partial charge in [-0.05, 0) is 18.2 Å². The van der Waals surface area contributed by atoms with Crippen LogP contribution in [0.2, 0.25) is 0 Å². The smallest absolute Gasteiger partial charge is 0.319 e. The zero-order chi connectivity index (χ0) is 13.1. The van der Waals surface area contributed by atoms with Gasteiger partial charge in [0.15, 0.2) is 0 Å². The second-order valence-electron chi connectivity index (χ2n) is 3.51. The Kier molecular flexibility index (Phi) is 3.90. The van der Waals surface area contributed by atoms with E-state index in [-0.39, 0.29) is 18.1 Å². The van der Waals surface area contributed by atoms with Crippen molar-refractivity contribution in [2.24, 2.45) is 0 Å². The molecule has 1 N–H and O–H groups in total. The molecule has 0 radical (unpaired) electrons. The van der Waals surface area contributed by atoms with E-state index < -0.39 is 12.4 Å². The maximum absolute atomic E-state index is 13.5. The van der Waals surface area contributed by atoms with Crippen LogP contribution < -0.4 is 5.32 Å². The van der Waals surface area contributed by atoms with Crippen LogP contribution in [-0.2, 0) is 6.54 Å². The lowest BCUT2D eigenvalue weighted by Gasteiger charge is -2.09. The normalized spacial score (nSPS) is 10.9. The minimum Gasteiger partial charge on any atom is -0.375 e. The Morgan fingerprint density at radius 3 is 2.83 bits per heavy atom. The summed E-state index contributed by atoms with van der Waals surface area (Å²) in [6.45, 7) is -2.63. The number of rotatable bonds is 4. The van der Waals surface area contributed by atoms with Gasteiger partial charge in [-0.15, -0.1) is 0 Å². The van der Waals surface area contributed by atoms with E-state index in [0.29, 0.717) is 4.47 Å². The summed E-state index contributed by atoms with van der Waals surface area (Å²) in [5, 5.41) is 2.73. The molecule has 0 aliphatic rings. The second-order valence-corrected chi connectivity index (χ2v) is 4.42. The van der Waals surface area contributed by atoms with E-state index in [9.17, 15) is 13.2 Å². The van der Waals surface area contributed by atoms with Crippen LogP contribution in [0.5, 0.6) is 0 Å². The van der Waals surface area contributed by atoms with Gasteiger partial charge in [0.2, 0.25) is 0 Å². The molecule has 0 amide bonds. The van der Waals surface area contributed by atoms with Gasteiger partial charge in [0.1, 0.15) is 11.6 Å². The van der Waals surface area contributed by atoms with Crippen LogP contribution in [0, 0.1) is 5.82 Å². The maximum atomic E-state index is 13.5. The third kappa shape index (κ3) is 2.84. The first-order chi connectivity index (χ1) is 8.58. The summed E-state index contributed by atoms with van der Waals surface area (Å²) in [6, 6.07) is 4.47. The van der Waals surface area contributed by atoms with Crippen molar-refractivity contribution in [1.29, 1.82) is 0 Å². The Morgan fingerprint density at radius 1 is 1.39 bits per heavy atom. The van der Waals surface area contributed by atoms with Gasteiger partial charge in [-0.3, -0.25) is 4.57 Å². The van der Waals surface area contributed by atoms with E-state index in [2.05, 4.69) is 26.2 Å². The topological polar surface area (TPSA) is 29.9 Å². The molecule has 0 unspecified atom stereocenters. The van der Waals surface area contributed by atoms with E-state index in [1.807, 2.05) is 0 Å². The molecule has 1 heterocycles. The summed E-state index contributed by atoms with van der Waals surface area (Å²) < 4.78 is 39.9. The fourth-order valence-electron chi connectivity index (χ4n) is 1.47. The summed E-state index contributed by atoms with van der Waals surface area (Å²) in [5.74, 6) is -0.313. The summed E-state index contributed by atoms with van der Waals surface area (Å²) >= 11 is 3.13. The number of nitrogens with one attached hydrogen (secondary N) is 1. The van der Waals surface area contributed by atoms with Crippen LogP contribution >= 0.6 is 15.9 Å². The van der Waals surface area contributed by atoms with Crippen LogP contribution in [-0.4, -0.2) is 9.55 Å². The molecular weight excluding hydrogens is 311 g/mol. The highest BCUT2D eigenvalue weighted by atomic mass is 79.9. The van der Waals surface area contributed by atoms with Crippen molar-refractivity contribution in [3.05, 3.63) is 46.7 Å². The van der Waals surface area contributed by atoms with Gasteiger partial charge in [-0.25, -0.2) is 9.37 Å². The van der Waals surface area contributed by atoms with Crippen molar-refractivity contribution < 1.29 is 13.2 Å². The van der Waals surface area contributed by atoms with Crippen molar-refractivity contribution in [3.8, 4) is 0 Å². The summed E-state index contributed by atoms with van der Waals surface area (Å²) in [7, 11) is 0. The average Bonchev–Trinajstić information content (AvgIpc) is 2.76. The molecule has 96 valence electrons. The van der Waals surface area contributed by atoms with E-state index in [0.717, 1.165) is 4.57 Å². The van der Waals surface area contributed by atoms with Crippen molar-refractivity contribution in [1.82, 2.24) is 9.55 Å². The highest BCUT2D eigenvalue weighted by Gasteiger charge is 2.11. The standard InChI is InChI=1S/C11H9BrF3N3/c12-7-1-2-9(8(13)5-7)17-6-10-16-3-4-18(10)11(14)15/h1-5,11,17H,6H2. The monoisotopic (exact) mass is 319 g/mol. The molecule has 0 atom stereocenters. The predicted molar refractivity (Wildman–Crippen MR) is 64.9 cm³/mol. The quantitative estimate of drug-likeness (QED) is 0.929. The number of nitrogens with zero attached hydrogens (tertiary/aromatic N) is 2. The Hall–Kier alpha value is -1.50. The van der Waals surface area contributed by atoms with Crippen molar-refractivity contribution in [2.45, 2.75) is 13.1 Å². The van der Waals surface area contributed by atoms with Gasteiger partial charge in [-0.1, -0.05) is 15.9 Å². The first-order valence-corrected chi connectivity index (χ1v) is 5.86. The lowest BCUT2D eigenvalue weighted by Crippen LogP contribution is -2.09. The lowest BCUT2D eigenvalue weighted by molar-refractivity contribution is 0.0673. The van der Waals surface area contributed by atoms with Crippen LogP contribution in [0.25, 0.3) is 0 Å². The molecule has 0 saturated heterocycles. The van der Waals surface area contributed by atoms with Gasteiger partial charge in [0.25, 0.3) is 0 Å². The summed E-state index contributed by atoms with van der Waals surface area (Å²) in [4.78, 5) is 3.79. The summed E-state index contributed by atoms with van der Waals surface area (Å²) in [5.41, 5.74) is 0.238. The molecule has 1 aromatic heterocycles. The molecule has 3 nitrogen and oxygen atoms in total. The number of halogens is 4. The average molecular weight is 320 g/mol. The molecule has 1 aromatic carbocycles. The maximum Gasteiger partial charge on any atom is 0.319 e. The number of anilines is 1. The van der Waals surface area contributed by atoms with Crippen LogP contribution in [0.1, 0.15) is 12.4 Å². The van der Waals surface area contributed by atoms with Gasteiger partial charge in [0, 0.05) is 16.9 Å². The van der Waals surface area contributed by atoms with Gasteiger partial charge >= 0.3 is 6.55 Å². The third-order valence-corrected chi connectivity index (χ3v) is 2.82. The van der Waals surface area contributed by atoms with Crippen molar-refractivity contribution in [3.63, 3.8) is 0 Å². The number of hydrogen-bond acceptors (Lipinski definition) is 2. The fraction of sp³-hybridized carbons (Fsp3) is 0.182. The molecule has 2 aromatic rings. The van der Waals surface area contributed by atoms with Crippen molar-refractivity contribution in [2.75, 3.05) is 5.32 Å². The van der Waals surface area contributed by atoms with E-state index in [4.69, 9.17) is 0 Å². The lowest BCUT2D eigenvalue weighted by atomic mass is 10.3. The van der Waals surface area contributed by atoms with Gasteiger partial charge in [-0.2, -0.15) is 8.78 Å². The predicted octanol–water partition coefficient (Wildman–Crippen LogP) is 3.79. The Bertz CT molecular complexity index is 542. The second kappa shape index (κ2) is 5.43. The van der Waals surface area contributed by atoms with E-state index >= 15 is 0 Å². The minimum atomic E-state index is -2.65. The molecule has 2 rings (SSSR count). The van der Waals surface area contributed by atoms with E-state index in [1.165, 1.54) is 24.5 Å². The first kappa shape index (κ1) is 12.9. The zero-order valence-electron chi connectivity index (χ0n) is 9.08. The van der Waals surface area contributed by atoms with E-state index in [1.54, 1.807) is 6.07 Å². The number of hydrogen-bond donors (Lipinski definition) is 1. The Balaban J connectivity index is 2.09. The van der Waals surface area contributed by atoms with Crippen molar-refractivity contribution >= 4 is 21.6 Å². The number of imidazole rings is 1. The molecule has 7 heteroatoms.